The van der Waals surface area contributed by atoms with Crippen molar-refractivity contribution in [1.29, 1.82) is 0 Å². The molecule has 0 heterocycles. The lowest BCUT2D eigenvalue weighted by Crippen LogP contribution is -2.53. The molecule has 1 unspecified atom stereocenters. The fraction of sp³-hybridized carbons (Fsp3) is 1.00. The maximum Gasteiger partial charge on any atom is 0.423 e. The van der Waals surface area contributed by atoms with Crippen molar-refractivity contribution in [1.82, 2.24) is 5.32 Å². The maximum absolute atomic E-state index is 12.2. The van der Waals surface area contributed by atoms with Crippen molar-refractivity contribution < 1.29 is 36.2 Å². The standard InChI is InChI=1S/C10H17F6NO2/c1-3-4-17-8(2,5-18)6-19-7(9(11,12)13)10(14,15)16/h7,17-18H,3-6H2,1-2H3. The summed E-state index contributed by atoms with van der Waals surface area (Å²) in [5, 5.41) is 11.7. The second-order valence-electron chi connectivity index (χ2n) is 4.42. The first-order valence-corrected chi connectivity index (χ1v) is 5.57. The monoisotopic (exact) mass is 297 g/mol. The highest BCUT2D eigenvalue weighted by Crippen LogP contribution is 2.36. The summed E-state index contributed by atoms with van der Waals surface area (Å²) in [7, 11) is 0. The molecule has 1 atom stereocenters. The van der Waals surface area contributed by atoms with Crippen LogP contribution in [0.25, 0.3) is 0 Å². The van der Waals surface area contributed by atoms with Crippen LogP contribution < -0.4 is 5.32 Å². The van der Waals surface area contributed by atoms with Crippen LogP contribution >= 0.6 is 0 Å². The molecule has 19 heavy (non-hydrogen) atoms. The first kappa shape index (κ1) is 18.5. The fourth-order valence-electron chi connectivity index (χ4n) is 1.22. The summed E-state index contributed by atoms with van der Waals surface area (Å²) in [6, 6.07) is 0. The van der Waals surface area contributed by atoms with Crippen LogP contribution in [0.3, 0.4) is 0 Å². The van der Waals surface area contributed by atoms with Crippen LogP contribution in [0.5, 0.6) is 0 Å². The molecule has 0 radical (unpaired) electrons. The van der Waals surface area contributed by atoms with Crippen LogP contribution in [0.4, 0.5) is 26.3 Å². The number of nitrogens with one attached hydrogen (secondary N) is 1. The van der Waals surface area contributed by atoms with Crippen LogP contribution in [0, 0.1) is 0 Å². The van der Waals surface area contributed by atoms with E-state index in [4.69, 9.17) is 5.11 Å². The first-order valence-electron chi connectivity index (χ1n) is 5.57. The van der Waals surface area contributed by atoms with Gasteiger partial charge in [-0.25, -0.2) is 0 Å². The quantitative estimate of drug-likeness (QED) is 0.708. The number of alkyl halides is 6. The molecule has 0 aromatic carbocycles. The minimum Gasteiger partial charge on any atom is -0.394 e. The van der Waals surface area contributed by atoms with E-state index in [1.165, 1.54) is 6.92 Å². The van der Waals surface area contributed by atoms with Gasteiger partial charge in [0.2, 0.25) is 6.10 Å². The average Bonchev–Trinajstić information content (AvgIpc) is 2.23. The molecular weight excluding hydrogens is 280 g/mol. The molecular formula is C10H17F6NO2. The van der Waals surface area contributed by atoms with Gasteiger partial charge in [0.05, 0.1) is 18.8 Å². The van der Waals surface area contributed by atoms with E-state index in [2.05, 4.69) is 10.1 Å². The summed E-state index contributed by atoms with van der Waals surface area (Å²) in [4.78, 5) is 0. The van der Waals surface area contributed by atoms with Crippen molar-refractivity contribution in [2.75, 3.05) is 19.8 Å². The fourth-order valence-corrected chi connectivity index (χ4v) is 1.22. The molecule has 9 heteroatoms. The van der Waals surface area contributed by atoms with E-state index in [-0.39, 0.29) is 0 Å². The van der Waals surface area contributed by atoms with Gasteiger partial charge in [0, 0.05) is 0 Å². The molecule has 0 aliphatic heterocycles. The summed E-state index contributed by atoms with van der Waals surface area (Å²) >= 11 is 0. The lowest BCUT2D eigenvalue weighted by atomic mass is 10.1. The molecule has 0 aliphatic carbocycles. The zero-order valence-electron chi connectivity index (χ0n) is 10.5. The third-order valence-corrected chi connectivity index (χ3v) is 2.31. The van der Waals surface area contributed by atoms with Crippen molar-refractivity contribution in [3.63, 3.8) is 0 Å². The predicted octanol–water partition coefficient (Wildman–Crippen LogP) is 2.25. The van der Waals surface area contributed by atoms with Crippen molar-refractivity contribution in [2.24, 2.45) is 0 Å². The number of hydrogen-bond donors (Lipinski definition) is 2. The summed E-state index contributed by atoms with van der Waals surface area (Å²) in [6.07, 6.45) is -14.3. The molecule has 0 aliphatic rings. The number of halogens is 6. The van der Waals surface area contributed by atoms with Gasteiger partial charge in [-0.15, -0.1) is 0 Å². The number of aliphatic hydroxyl groups excluding tert-OH is 1. The van der Waals surface area contributed by atoms with Gasteiger partial charge < -0.3 is 15.2 Å². The SMILES string of the molecule is CCCNC(C)(CO)COC(C(F)(F)F)C(F)(F)F. The summed E-state index contributed by atoms with van der Waals surface area (Å²) < 4.78 is 77.3. The van der Waals surface area contributed by atoms with E-state index in [9.17, 15) is 26.3 Å². The summed E-state index contributed by atoms with van der Waals surface area (Å²) in [5.74, 6) is 0. The molecule has 2 N–H and O–H groups in total. The van der Waals surface area contributed by atoms with E-state index >= 15 is 0 Å². The van der Waals surface area contributed by atoms with Gasteiger partial charge >= 0.3 is 12.4 Å². The number of aliphatic hydroxyl groups is 1. The van der Waals surface area contributed by atoms with E-state index in [0.29, 0.717) is 13.0 Å². The van der Waals surface area contributed by atoms with Gasteiger partial charge in [0.15, 0.2) is 0 Å². The smallest absolute Gasteiger partial charge is 0.394 e. The van der Waals surface area contributed by atoms with Gasteiger partial charge in [0.1, 0.15) is 0 Å². The van der Waals surface area contributed by atoms with Crippen LogP contribution in [-0.2, 0) is 4.74 Å². The Morgan fingerprint density at radius 3 is 1.89 bits per heavy atom. The van der Waals surface area contributed by atoms with Gasteiger partial charge in [0.25, 0.3) is 0 Å². The Morgan fingerprint density at radius 2 is 1.58 bits per heavy atom. The lowest BCUT2D eigenvalue weighted by molar-refractivity contribution is -0.324. The lowest BCUT2D eigenvalue weighted by Gasteiger charge is -2.31. The van der Waals surface area contributed by atoms with Crippen molar-refractivity contribution in [2.45, 2.75) is 44.3 Å². The first-order chi connectivity index (χ1) is 8.46. The molecule has 0 aromatic rings. The van der Waals surface area contributed by atoms with Gasteiger partial charge in [-0.3, -0.25) is 0 Å². The van der Waals surface area contributed by atoms with E-state index in [1.54, 1.807) is 6.92 Å². The van der Waals surface area contributed by atoms with Crippen LogP contribution in [0.1, 0.15) is 20.3 Å². The molecule has 0 saturated heterocycles. The minimum atomic E-state index is -5.54. The molecule has 3 nitrogen and oxygen atoms in total. The predicted molar refractivity (Wildman–Crippen MR) is 55.6 cm³/mol. The van der Waals surface area contributed by atoms with Crippen molar-refractivity contribution in [3.05, 3.63) is 0 Å². The maximum atomic E-state index is 12.2. The normalized spacial score (nSPS) is 16.7. The molecule has 0 amide bonds. The molecule has 116 valence electrons. The zero-order valence-corrected chi connectivity index (χ0v) is 10.5. The Balaban J connectivity index is 4.70. The highest BCUT2D eigenvalue weighted by atomic mass is 19.4. The average molecular weight is 297 g/mol. The van der Waals surface area contributed by atoms with Crippen LogP contribution in [0.2, 0.25) is 0 Å². The summed E-state index contributed by atoms with van der Waals surface area (Å²) in [6.45, 7) is 1.83. The van der Waals surface area contributed by atoms with Crippen LogP contribution in [-0.4, -0.2) is 48.9 Å². The molecule has 0 aromatic heterocycles. The molecule has 0 rings (SSSR count). The zero-order chi connectivity index (χ0) is 15.3. The minimum absolute atomic E-state index is 0.336. The van der Waals surface area contributed by atoms with Crippen molar-refractivity contribution >= 4 is 0 Å². The Morgan fingerprint density at radius 1 is 1.11 bits per heavy atom. The number of rotatable bonds is 7. The Bertz CT molecular complexity index is 254. The largest absolute Gasteiger partial charge is 0.423 e. The second-order valence-corrected chi connectivity index (χ2v) is 4.42. The number of hydrogen-bond acceptors (Lipinski definition) is 3. The van der Waals surface area contributed by atoms with E-state index in [0.717, 1.165) is 0 Å². The topological polar surface area (TPSA) is 41.5 Å². The number of ether oxygens (including phenoxy) is 1. The second kappa shape index (κ2) is 6.76. The third-order valence-electron chi connectivity index (χ3n) is 2.31. The van der Waals surface area contributed by atoms with Crippen molar-refractivity contribution in [3.8, 4) is 0 Å². The molecule has 0 saturated carbocycles. The molecule has 0 fully saturated rings. The molecule has 0 spiro atoms. The van der Waals surface area contributed by atoms with Gasteiger partial charge in [-0.2, -0.15) is 26.3 Å². The Labute approximate surface area is 106 Å². The van der Waals surface area contributed by atoms with Gasteiger partial charge in [-0.05, 0) is 19.9 Å². The Hall–Kier alpha value is -0.540. The van der Waals surface area contributed by atoms with E-state index < -0.39 is 37.2 Å². The highest BCUT2D eigenvalue weighted by molar-refractivity contribution is 4.84. The van der Waals surface area contributed by atoms with Crippen LogP contribution in [0.15, 0.2) is 0 Å². The Kier molecular flexibility index (Phi) is 6.56. The summed E-state index contributed by atoms with van der Waals surface area (Å²) in [5.41, 5.74) is -1.36. The van der Waals surface area contributed by atoms with Gasteiger partial charge in [-0.1, -0.05) is 6.92 Å². The molecule has 0 bridgehead atoms. The third kappa shape index (κ3) is 6.44. The highest BCUT2D eigenvalue weighted by Gasteiger charge is 2.58. The van der Waals surface area contributed by atoms with E-state index in [1.807, 2.05) is 0 Å².